The summed E-state index contributed by atoms with van der Waals surface area (Å²) in [6.07, 6.45) is 3.81. The molecule has 4 nitrogen and oxygen atoms in total. The second-order valence-corrected chi connectivity index (χ2v) is 6.37. The van der Waals surface area contributed by atoms with Crippen LogP contribution in [-0.2, 0) is 4.79 Å². The van der Waals surface area contributed by atoms with Crippen LogP contribution in [0.2, 0.25) is 0 Å². The summed E-state index contributed by atoms with van der Waals surface area (Å²) in [4.78, 5) is 14.3. The van der Waals surface area contributed by atoms with Crippen molar-refractivity contribution in [2.24, 2.45) is 17.6 Å². The summed E-state index contributed by atoms with van der Waals surface area (Å²) in [7, 11) is 4.09. The average Bonchev–Trinajstić information content (AvgIpc) is 2.62. The van der Waals surface area contributed by atoms with Gasteiger partial charge in [-0.25, -0.2) is 0 Å². The number of amides is 1. The molecule has 3 N–H and O–H groups in total. The van der Waals surface area contributed by atoms with Crippen molar-refractivity contribution < 1.29 is 4.79 Å². The van der Waals surface area contributed by atoms with Gasteiger partial charge in [-0.2, -0.15) is 0 Å². The molecule has 1 fully saturated rings. The smallest absolute Gasteiger partial charge is 0.223 e. The van der Waals surface area contributed by atoms with Crippen LogP contribution in [-0.4, -0.2) is 43.5 Å². The van der Waals surface area contributed by atoms with Crippen molar-refractivity contribution in [3.05, 3.63) is 0 Å². The van der Waals surface area contributed by atoms with Gasteiger partial charge in [0.25, 0.3) is 0 Å². The third-order valence-corrected chi connectivity index (χ3v) is 3.53. The maximum Gasteiger partial charge on any atom is 0.223 e. The van der Waals surface area contributed by atoms with E-state index in [-0.39, 0.29) is 48.7 Å². The van der Waals surface area contributed by atoms with Crippen molar-refractivity contribution in [3.8, 4) is 0 Å². The molecule has 3 unspecified atom stereocenters. The van der Waals surface area contributed by atoms with Crippen LogP contribution in [0, 0.1) is 11.8 Å². The Morgan fingerprint density at radius 1 is 1.30 bits per heavy atom. The zero-order chi connectivity index (χ0) is 13.7. The fourth-order valence-corrected chi connectivity index (χ4v) is 2.76. The number of halogens is 2. The molecule has 0 saturated heterocycles. The van der Waals surface area contributed by atoms with Crippen LogP contribution in [0.5, 0.6) is 0 Å². The van der Waals surface area contributed by atoms with E-state index in [0.717, 1.165) is 32.2 Å². The molecular weight excluding hydrogens is 297 g/mol. The first-order chi connectivity index (χ1) is 8.38. The Hall–Kier alpha value is -0.0300. The molecule has 6 heteroatoms. The molecule has 1 rings (SSSR count). The van der Waals surface area contributed by atoms with E-state index in [1.165, 1.54) is 0 Å². The van der Waals surface area contributed by atoms with Crippen molar-refractivity contribution in [1.29, 1.82) is 0 Å². The molecule has 0 aromatic heterocycles. The normalized spacial score (nSPS) is 23.1. The zero-order valence-electron chi connectivity index (χ0n) is 13.1. The number of hydrogen-bond donors (Lipinski definition) is 2. The molecule has 3 atom stereocenters. The fraction of sp³-hybridized carbons (Fsp3) is 0.929. The van der Waals surface area contributed by atoms with E-state index in [2.05, 4.69) is 24.1 Å². The lowest BCUT2D eigenvalue weighted by molar-refractivity contribution is -0.125. The van der Waals surface area contributed by atoms with Crippen molar-refractivity contribution in [1.82, 2.24) is 10.2 Å². The van der Waals surface area contributed by atoms with Crippen LogP contribution >= 0.6 is 24.8 Å². The van der Waals surface area contributed by atoms with E-state index < -0.39 is 0 Å². The van der Waals surface area contributed by atoms with Gasteiger partial charge in [0.05, 0.1) is 0 Å². The first-order valence-electron chi connectivity index (χ1n) is 7.09. The lowest BCUT2D eigenvalue weighted by Crippen LogP contribution is -2.44. The largest absolute Gasteiger partial charge is 0.352 e. The average molecular weight is 328 g/mol. The maximum absolute atomic E-state index is 12.2. The molecule has 1 aliphatic carbocycles. The number of rotatable bonds is 6. The highest BCUT2D eigenvalue weighted by Gasteiger charge is 2.29. The first kappa shape index (κ1) is 22.3. The van der Waals surface area contributed by atoms with Gasteiger partial charge in [-0.05, 0) is 45.7 Å². The number of carbonyl (C=O) groups is 1. The van der Waals surface area contributed by atoms with E-state index in [4.69, 9.17) is 5.73 Å². The van der Waals surface area contributed by atoms with Gasteiger partial charge in [0.2, 0.25) is 5.91 Å². The summed E-state index contributed by atoms with van der Waals surface area (Å²) in [6.45, 7) is 5.29. The molecule has 0 heterocycles. The van der Waals surface area contributed by atoms with Crippen LogP contribution in [0.1, 0.15) is 39.5 Å². The van der Waals surface area contributed by atoms with Gasteiger partial charge in [-0.3, -0.25) is 4.79 Å². The summed E-state index contributed by atoms with van der Waals surface area (Å²) >= 11 is 0. The van der Waals surface area contributed by atoms with Gasteiger partial charge in [0, 0.05) is 24.5 Å². The third-order valence-electron chi connectivity index (χ3n) is 3.53. The second-order valence-electron chi connectivity index (χ2n) is 6.37. The quantitative estimate of drug-likeness (QED) is 0.785. The van der Waals surface area contributed by atoms with Crippen LogP contribution in [0.4, 0.5) is 0 Å². The Balaban J connectivity index is 0. The van der Waals surface area contributed by atoms with E-state index in [1.54, 1.807) is 0 Å². The first-order valence-corrected chi connectivity index (χ1v) is 7.09. The third kappa shape index (κ3) is 8.30. The second kappa shape index (κ2) is 10.7. The number of nitrogens with two attached hydrogens (primary N) is 1. The van der Waals surface area contributed by atoms with Crippen molar-refractivity contribution in [3.63, 3.8) is 0 Å². The topological polar surface area (TPSA) is 58.4 Å². The van der Waals surface area contributed by atoms with E-state index in [9.17, 15) is 4.79 Å². The Labute approximate surface area is 136 Å². The Bertz CT molecular complexity index is 265. The summed E-state index contributed by atoms with van der Waals surface area (Å²) < 4.78 is 0. The molecule has 0 aliphatic heterocycles. The van der Waals surface area contributed by atoms with Gasteiger partial charge in [-0.1, -0.05) is 13.8 Å². The van der Waals surface area contributed by atoms with Crippen molar-refractivity contribution in [2.75, 3.05) is 20.6 Å². The van der Waals surface area contributed by atoms with Gasteiger partial charge in [0.1, 0.15) is 0 Å². The summed E-state index contributed by atoms with van der Waals surface area (Å²) in [5, 5.41) is 3.21. The highest BCUT2D eigenvalue weighted by Crippen LogP contribution is 2.24. The molecule has 0 spiro atoms. The SMILES string of the molecule is CC(C)CC(CN(C)C)NC(=O)C1CCC(N)C1.Cl.Cl. The van der Waals surface area contributed by atoms with E-state index in [1.807, 2.05) is 14.1 Å². The molecule has 0 bridgehead atoms. The van der Waals surface area contributed by atoms with E-state index >= 15 is 0 Å². The van der Waals surface area contributed by atoms with Gasteiger partial charge in [-0.15, -0.1) is 24.8 Å². The lowest BCUT2D eigenvalue weighted by Gasteiger charge is -2.25. The molecule has 1 aliphatic rings. The molecule has 122 valence electrons. The molecule has 0 radical (unpaired) electrons. The van der Waals surface area contributed by atoms with Gasteiger partial charge < -0.3 is 16.0 Å². The van der Waals surface area contributed by atoms with Gasteiger partial charge >= 0.3 is 0 Å². The molecule has 0 aromatic rings. The fourth-order valence-electron chi connectivity index (χ4n) is 2.76. The minimum Gasteiger partial charge on any atom is -0.352 e. The monoisotopic (exact) mass is 327 g/mol. The number of likely N-dealkylation sites (N-methyl/N-ethyl adjacent to an activating group) is 1. The standard InChI is InChI=1S/C14H29N3O.2ClH/c1-10(2)7-13(9-17(3)4)16-14(18)11-5-6-12(15)8-11;;/h10-13H,5-9,15H2,1-4H3,(H,16,18);2*1H. The predicted molar refractivity (Wildman–Crippen MR) is 89.8 cm³/mol. The number of carbonyl (C=O) groups excluding carboxylic acids is 1. The molecule has 0 aromatic carbocycles. The summed E-state index contributed by atoms with van der Waals surface area (Å²) in [5.74, 6) is 0.938. The van der Waals surface area contributed by atoms with Crippen LogP contribution in [0.3, 0.4) is 0 Å². The van der Waals surface area contributed by atoms with Crippen molar-refractivity contribution in [2.45, 2.75) is 51.6 Å². The minimum absolute atomic E-state index is 0. The highest BCUT2D eigenvalue weighted by molar-refractivity contribution is 5.85. The van der Waals surface area contributed by atoms with Crippen molar-refractivity contribution >= 4 is 30.7 Å². The summed E-state index contributed by atoms with van der Waals surface area (Å²) in [6, 6.07) is 0.475. The Morgan fingerprint density at radius 3 is 2.30 bits per heavy atom. The van der Waals surface area contributed by atoms with Crippen LogP contribution < -0.4 is 11.1 Å². The number of hydrogen-bond acceptors (Lipinski definition) is 3. The number of nitrogens with one attached hydrogen (secondary N) is 1. The Morgan fingerprint density at radius 2 is 1.90 bits per heavy atom. The molecule has 20 heavy (non-hydrogen) atoms. The van der Waals surface area contributed by atoms with Crippen LogP contribution in [0.15, 0.2) is 0 Å². The molecule has 1 amide bonds. The number of nitrogens with zero attached hydrogens (tertiary/aromatic N) is 1. The van der Waals surface area contributed by atoms with Crippen LogP contribution in [0.25, 0.3) is 0 Å². The minimum atomic E-state index is 0. The predicted octanol–water partition coefficient (Wildman–Crippen LogP) is 2.05. The zero-order valence-corrected chi connectivity index (χ0v) is 14.7. The lowest BCUT2D eigenvalue weighted by atomic mass is 10.0. The maximum atomic E-state index is 12.2. The van der Waals surface area contributed by atoms with Gasteiger partial charge in [0.15, 0.2) is 0 Å². The molecular formula is C14H31Cl2N3O. The van der Waals surface area contributed by atoms with E-state index in [0.29, 0.717) is 5.92 Å². The Kier molecular flexibility index (Phi) is 11.9. The molecule has 1 saturated carbocycles. The summed E-state index contributed by atoms with van der Waals surface area (Å²) in [5.41, 5.74) is 5.87. The highest BCUT2D eigenvalue weighted by atomic mass is 35.5.